The van der Waals surface area contributed by atoms with Gasteiger partial charge in [-0.05, 0) is 30.7 Å². The summed E-state index contributed by atoms with van der Waals surface area (Å²) in [5.41, 5.74) is 6.36. The Morgan fingerprint density at radius 3 is 2.94 bits per heavy atom. The van der Waals surface area contributed by atoms with E-state index < -0.39 is 0 Å². The maximum atomic E-state index is 11.9. The van der Waals surface area contributed by atoms with Gasteiger partial charge in [-0.15, -0.1) is 0 Å². The summed E-state index contributed by atoms with van der Waals surface area (Å²) in [6.45, 7) is 2.17. The van der Waals surface area contributed by atoms with Crippen LogP contribution in [-0.4, -0.2) is 10.9 Å². The Labute approximate surface area is 105 Å². The second kappa shape index (κ2) is 5.46. The number of carbonyl (C=O) groups excluding carboxylic acids is 1. The van der Waals surface area contributed by atoms with Crippen molar-refractivity contribution < 1.29 is 9.21 Å². The van der Waals surface area contributed by atoms with Gasteiger partial charge in [0.1, 0.15) is 5.76 Å². The highest BCUT2D eigenvalue weighted by molar-refractivity contribution is 5.91. The van der Waals surface area contributed by atoms with Crippen LogP contribution in [0.3, 0.4) is 0 Å². The first-order valence-electron chi connectivity index (χ1n) is 5.70. The first-order valence-corrected chi connectivity index (χ1v) is 5.70. The minimum Gasteiger partial charge on any atom is -0.455 e. The highest BCUT2D eigenvalue weighted by Crippen LogP contribution is 2.12. The van der Waals surface area contributed by atoms with Gasteiger partial charge in [0.2, 0.25) is 0 Å². The Morgan fingerprint density at radius 2 is 2.33 bits per heavy atom. The fourth-order valence-corrected chi connectivity index (χ4v) is 1.59. The molecular weight excluding hydrogens is 230 g/mol. The number of hydrogen-bond donors (Lipinski definition) is 2. The molecule has 5 heteroatoms. The van der Waals surface area contributed by atoms with E-state index in [1.165, 1.54) is 0 Å². The van der Waals surface area contributed by atoms with Crippen molar-refractivity contribution in [1.82, 2.24) is 10.3 Å². The third-order valence-electron chi connectivity index (χ3n) is 2.62. The van der Waals surface area contributed by atoms with Crippen LogP contribution in [-0.2, 0) is 6.54 Å². The van der Waals surface area contributed by atoms with Gasteiger partial charge in [0, 0.05) is 12.4 Å². The normalized spacial score (nSPS) is 12.1. The number of nitrogens with two attached hydrogens (primary N) is 1. The maximum absolute atomic E-state index is 11.9. The highest BCUT2D eigenvalue weighted by Gasteiger charge is 2.14. The largest absolute Gasteiger partial charge is 0.455 e. The monoisotopic (exact) mass is 245 g/mol. The fraction of sp³-hybridized carbons (Fsp3) is 0.231. The molecule has 18 heavy (non-hydrogen) atoms. The number of pyridine rings is 1. The molecule has 0 aromatic carbocycles. The Morgan fingerprint density at radius 1 is 1.50 bits per heavy atom. The van der Waals surface area contributed by atoms with E-state index in [1.807, 2.05) is 19.1 Å². The van der Waals surface area contributed by atoms with E-state index in [0.29, 0.717) is 5.76 Å². The number of carbonyl (C=O) groups is 1. The van der Waals surface area contributed by atoms with Gasteiger partial charge in [-0.1, -0.05) is 6.07 Å². The Balaban J connectivity index is 2.03. The zero-order chi connectivity index (χ0) is 13.0. The van der Waals surface area contributed by atoms with E-state index in [2.05, 4.69) is 10.3 Å². The van der Waals surface area contributed by atoms with Crippen LogP contribution in [0.15, 0.2) is 41.1 Å². The second-order valence-electron chi connectivity index (χ2n) is 3.95. The van der Waals surface area contributed by atoms with Crippen LogP contribution in [0.4, 0.5) is 0 Å². The molecule has 2 rings (SSSR count). The topological polar surface area (TPSA) is 81.2 Å². The molecule has 1 atom stereocenters. The van der Waals surface area contributed by atoms with Gasteiger partial charge in [0.05, 0.1) is 12.6 Å². The molecule has 2 heterocycles. The Hall–Kier alpha value is -2.14. The van der Waals surface area contributed by atoms with Gasteiger partial charge >= 0.3 is 0 Å². The first kappa shape index (κ1) is 12.3. The van der Waals surface area contributed by atoms with Crippen LogP contribution >= 0.6 is 0 Å². The van der Waals surface area contributed by atoms with Crippen molar-refractivity contribution in [2.24, 2.45) is 5.73 Å². The molecular formula is C13H15N3O2. The summed E-state index contributed by atoms with van der Waals surface area (Å²) in [4.78, 5) is 15.9. The zero-order valence-corrected chi connectivity index (χ0v) is 10.1. The summed E-state index contributed by atoms with van der Waals surface area (Å²) in [6, 6.07) is 6.93. The molecule has 0 bridgehead atoms. The molecule has 0 spiro atoms. The van der Waals surface area contributed by atoms with E-state index in [4.69, 9.17) is 10.2 Å². The molecule has 94 valence electrons. The summed E-state index contributed by atoms with van der Waals surface area (Å²) in [5, 5.41) is 2.84. The van der Waals surface area contributed by atoms with Crippen molar-refractivity contribution in [2.75, 3.05) is 0 Å². The first-order chi connectivity index (χ1) is 8.70. The summed E-state index contributed by atoms with van der Waals surface area (Å²) in [7, 11) is 0. The van der Waals surface area contributed by atoms with Crippen LogP contribution in [0.25, 0.3) is 0 Å². The van der Waals surface area contributed by atoms with Crippen molar-refractivity contribution in [1.29, 1.82) is 0 Å². The number of rotatable bonds is 4. The second-order valence-corrected chi connectivity index (χ2v) is 3.95. The predicted molar refractivity (Wildman–Crippen MR) is 66.7 cm³/mol. The Kier molecular flexibility index (Phi) is 3.74. The predicted octanol–water partition coefficient (Wildman–Crippen LogP) is 1.62. The molecule has 0 saturated heterocycles. The van der Waals surface area contributed by atoms with Gasteiger partial charge < -0.3 is 15.5 Å². The molecule has 1 amide bonds. The quantitative estimate of drug-likeness (QED) is 0.857. The van der Waals surface area contributed by atoms with Crippen LogP contribution in [0.1, 0.15) is 34.8 Å². The minimum absolute atomic E-state index is 0.127. The number of furan rings is 1. The lowest BCUT2D eigenvalue weighted by Gasteiger charge is -2.12. The third-order valence-corrected chi connectivity index (χ3v) is 2.62. The van der Waals surface area contributed by atoms with Crippen LogP contribution < -0.4 is 11.1 Å². The maximum Gasteiger partial charge on any atom is 0.287 e. The number of amides is 1. The highest BCUT2D eigenvalue weighted by atomic mass is 16.4. The molecule has 3 N–H and O–H groups in total. The minimum atomic E-state index is -0.258. The molecule has 2 aromatic heterocycles. The lowest BCUT2D eigenvalue weighted by atomic mass is 10.1. The number of nitrogens with one attached hydrogen (secondary N) is 1. The summed E-state index contributed by atoms with van der Waals surface area (Å²) < 4.78 is 5.28. The molecule has 2 aromatic rings. The van der Waals surface area contributed by atoms with Gasteiger partial charge in [0.15, 0.2) is 5.76 Å². The van der Waals surface area contributed by atoms with Crippen LogP contribution in [0, 0.1) is 0 Å². The van der Waals surface area contributed by atoms with E-state index in [9.17, 15) is 4.79 Å². The molecule has 0 aliphatic rings. The zero-order valence-electron chi connectivity index (χ0n) is 10.1. The van der Waals surface area contributed by atoms with Gasteiger partial charge in [-0.25, -0.2) is 0 Å². The standard InChI is InChI=1S/C13H15N3O2/c1-9(10-3-2-6-15-8-10)16-13(17)12-5-4-11(7-14)18-12/h2-6,8-9H,7,14H2,1H3,(H,16,17)/t9-/m1/s1. The van der Waals surface area contributed by atoms with E-state index in [-0.39, 0.29) is 24.3 Å². The molecule has 5 nitrogen and oxygen atoms in total. The number of hydrogen-bond acceptors (Lipinski definition) is 4. The summed E-state index contributed by atoms with van der Waals surface area (Å²) >= 11 is 0. The van der Waals surface area contributed by atoms with Crippen LogP contribution in [0.2, 0.25) is 0 Å². The number of aromatic nitrogens is 1. The van der Waals surface area contributed by atoms with Crippen molar-refractivity contribution in [3.8, 4) is 0 Å². The van der Waals surface area contributed by atoms with Crippen LogP contribution in [0.5, 0.6) is 0 Å². The van der Waals surface area contributed by atoms with Crippen molar-refractivity contribution in [2.45, 2.75) is 19.5 Å². The molecule has 0 saturated carbocycles. The molecule has 0 aliphatic carbocycles. The van der Waals surface area contributed by atoms with Crippen molar-refractivity contribution in [3.63, 3.8) is 0 Å². The van der Waals surface area contributed by atoms with Gasteiger partial charge in [-0.3, -0.25) is 9.78 Å². The van der Waals surface area contributed by atoms with E-state index in [0.717, 1.165) is 5.56 Å². The molecule has 0 aliphatic heterocycles. The average Bonchev–Trinajstić information content (AvgIpc) is 2.88. The molecule has 0 radical (unpaired) electrons. The number of nitrogens with zero attached hydrogens (tertiary/aromatic N) is 1. The van der Waals surface area contributed by atoms with Crippen molar-refractivity contribution >= 4 is 5.91 Å². The van der Waals surface area contributed by atoms with E-state index in [1.54, 1.807) is 24.5 Å². The average molecular weight is 245 g/mol. The lowest BCUT2D eigenvalue weighted by molar-refractivity contribution is 0.0910. The fourth-order valence-electron chi connectivity index (χ4n) is 1.59. The molecule has 0 unspecified atom stereocenters. The summed E-state index contributed by atoms with van der Waals surface area (Å²) in [5.74, 6) is 0.603. The lowest BCUT2D eigenvalue weighted by Crippen LogP contribution is -2.26. The summed E-state index contributed by atoms with van der Waals surface area (Å²) in [6.07, 6.45) is 3.41. The van der Waals surface area contributed by atoms with Gasteiger partial charge in [0.25, 0.3) is 5.91 Å². The SMILES string of the molecule is C[C@@H](NC(=O)c1ccc(CN)o1)c1cccnc1. The van der Waals surface area contributed by atoms with Crippen molar-refractivity contribution in [3.05, 3.63) is 53.7 Å². The third kappa shape index (κ3) is 2.75. The van der Waals surface area contributed by atoms with Gasteiger partial charge in [-0.2, -0.15) is 0 Å². The Bertz CT molecular complexity index is 522. The smallest absolute Gasteiger partial charge is 0.287 e. The van der Waals surface area contributed by atoms with E-state index >= 15 is 0 Å². The molecule has 0 fully saturated rings.